The van der Waals surface area contributed by atoms with E-state index in [1.54, 1.807) is 52.1 Å². The van der Waals surface area contributed by atoms with Crippen LogP contribution >= 0.6 is 0 Å². The highest BCUT2D eigenvalue weighted by atomic mass is 16.7. The van der Waals surface area contributed by atoms with Crippen LogP contribution in [0.2, 0.25) is 0 Å². The molecule has 3 aromatic rings. The van der Waals surface area contributed by atoms with E-state index >= 15 is 0 Å². The molecule has 0 aliphatic carbocycles. The fourth-order valence-electron chi connectivity index (χ4n) is 3.10. The van der Waals surface area contributed by atoms with Crippen LogP contribution < -0.4 is 10.9 Å². The average Bonchev–Trinajstić information content (AvgIpc) is 2.80. The average molecular weight is 465 g/mol. The second-order valence-corrected chi connectivity index (χ2v) is 8.69. The summed E-state index contributed by atoms with van der Waals surface area (Å²) in [6.45, 7) is 8.47. The Kier molecular flexibility index (Phi) is 7.45. The van der Waals surface area contributed by atoms with Gasteiger partial charge in [-0.2, -0.15) is 5.10 Å². The molecule has 0 aliphatic heterocycles. The molecule has 178 valence electrons. The van der Waals surface area contributed by atoms with Gasteiger partial charge in [-0.05, 0) is 52.8 Å². The number of benzene rings is 1. The minimum Gasteiger partial charge on any atom is -0.427 e. The number of pyridine rings is 1. The van der Waals surface area contributed by atoms with Crippen molar-refractivity contribution in [1.82, 2.24) is 14.8 Å². The van der Waals surface area contributed by atoms with Crippen LogP contribution in [0.5, 0.6) is 0 Å². The van der Waals surface area contributed by atoms with E-state index in [0.29, 0.717) is 11.3 Å². The first-order valence-electron chi connectivity index (χ1n) is 10.9. The molecule has 0 fully saturated rings. The Hall–Kier alpha value is -4.01. The van der Waals surface area contributed by atoms with E-state index in [1.165, 1.54) is 10.9 Å². The fraction of sp³-hybridized carbons (Fsp3) is 0.320. The lowest BCUT2D eigenvalue weighted by Crippen LogP contribution is -2.29. The molecule has 0 bridgehead atoms. The number of hydrogen-bond donors (Lipinski definition) is 1. The maximum absolute atomic E-state index is 13.3. The molecule has 0 atom stereocenters. The van der Waals surface area contributed by atoms with Gasteiger partial charge in [-0.1, -0.05) is 23.8 Å². The normalized spacial score (nSPS) is 11.1. The monoisotopic (exact) mass is 464 g/mol. The smallest absolute Gasteiger partial charge is 0.345 e. The van der Waals surface area contributed by atoms with Crippen molar-refractivity contribution in [2.24, 2.45) is 5.41 Å². The van der Waals surface area contributed by atoms with Crippen molar-refractivity contribution in [1.29, 1.82) is 0 Å². The van der Waals surface area contributed by atoms with E-state index in [0.717, 1.165) is 5.56 Å². The minimum atomic E-state index is -0.850. The third-order valence-electron chi connectivity index (χ3n) is 4.87. The van der Waals surface area contributed by atoms with E-state index in [4.69, 9.17) is 9.47 Å². The number of aryl methyl sites for hydroxylation is 2. The summed E-state index contributed by atoms with van der Waals surface area (Å²) in [6.07, 6.45) is 3.13. The van der Waals surface area contributed by atoms with Gasteiger partial charge in [0.25, 0.3) is 5.56 Å². The summed E-state index contributed by atoms with van der Waals surface area (Å²) in [5.74, 6) is -1.37. The van der Waals surface area contributed by atoms with Gasteiger partial charge in [0.15, 0.2) is 0 Å². The van der Waals surface area contributed by atoms with Gasteiger partial charge < -0.3 is 14.8 Å². The first-order valence-corrected chi connectivity index (χ1v) is 10.9. The van der Waals surface area contributed by atoms with Gasteiger partial charge in [0.2, 0.25) is 6.79 Å². The van der Waals surface area contributed by atoms with Crippen LogP contribution in [0, 0.1) is 12.3 Å². The summed E-state index contributed by atoms with van der Waals surface area (Å²) in [6, 6.07) is 10.8. The Balaban J connectivity index is 2.11. The molecule has 0 amide bonds. The topological polar surface area (TPSA) is 112 Å². The first kappa shape index (κ1) is 24.6. The Morgan fingerprint density at radius 2 is 1.88 bits per heavy atom. The minimum absolute atomic E-state index is 0.00601. The molecule has 0 saturated heterocycles. The molecule has 34 heavy (non-hydrogen) atoms. The molecule has 9 heteroatoms. The molecule has 9 nitrogen and oxygen atoms in total. The largest absolute Gasteiger partial charge is 0.427 e. The van der Waals surface area contributed by atoms with Gasteiger partial charge in [0.1, 0.15) is 16.9 Å². The van der Waals surface area contributed by atoms with Crippen LogP contribution in [0.25, 0.3) is 11.3 Å². The van der Waals surface area contributed by atoms with E-state index < -0.39 is 29.7 Å². The molecule has 2 heterocycles. The maximum atomic E-state index is 13.3. The molecule has 2 aromatic heterocycles. The number of anilines is 2. The Bertz CT molecular complexity index is 1250. The van der Waals surface area contributed by atoms with E-state index in [-0.39, 0.29) is 23.5 Å². The molecule has 1 aromatic carbocycles. The van der Waals surface area contributed by atoms with Gasteiger partial charge >= 0.3 is 11.9 Å². The molecular weight excluding hydrogens is 436 g/mol. The second-order valence-electron chi connectivity index (χ2n) is 8.69. The highest BCUT2D eigenvalue weighted by molar-refractivity contribution is 6.02. The number of carbonyl (C=O) groups is 2. The van der Waals surface area contributed by atoms with Crippen molar-refractivity contribution in [2.75, 3.05) is 12.1 Å². The number of carbonyl (C=O) groups excluding carboxylic acids is 2. The van der Waals surface area contributed by atoms with Crippen LogP contribution in [-0.2, 0) is 20.8 Å². The predicted molar refractivity (Wildman–Crippen MR) is 128 cm³/mol. The maximum Gasteiger partial charge on any atom is 0.345 e. The summed E-state index contributed by atoms with van der Waals surface area (Å²) in [5, 5.41) is 7.45. The van der Waals surface area contributed by atoms with Gasteiger partial charge in [0.05, 0.1) is 17.3 Å². The third kappa shape index (κ3) is 5.67. The molecule has 1 N–H and O–H groups in total. The van der Waals surface area contributed by atoms with Crippen LogP contribution in [0.3, 0.4) is 0 Å². The van der Waals surface area contributed by atoms with Crippen molar-refractivity contribution >= 4 is 23.3 Å². The standard InChI is InChI=1S/C25H28N4O5/c1-6-29-22(30)21(27-18-11-8-12-26-14-18)19(20(28-29)17-10-7-9-16(2)13-17)23(31)33-15-34-24(32)25(3,4)5/h7-14,27H,6,15H2,1-5H3. The highest BCUT2D eigenvalue weighted by Crippen LogP contribution is 2.28. The Morgan fingerprint density at radius 1 is 1.12 bits per heavy atom. The zero-order valence-electron chi connectivity index (χ0n) is 19.9. The van der Waals surface area contributed by atoms with Crippen LogP contribution in [0.1, 0.15) is 43.6 Å². The third-order valence-corrected chi connectivity index (χ3v) is 4.87. The number of nitrogens with one attached hydrogen (secondary N) is 1. The van der Waals surface area contributed by atoms with Gasteiger partial charge in [-0.25, -0.2) is 9.48 Å². The van der Waals surface area contributed by atoms with Crippen molar-refractivity contribution in [3.8, 4) is 11.3 Å². The van der Waals surface area contributed by atoms with E-state index in [2.05, 4.69) is 15.4 Å². The molecular formula is C25H28N4O5. The predicted octanol–water partition coefficient (Wildman–Crippen LogP) is 4.08. The molecule has 0 unspecified atom stereocenters. The molecule has 0 aliphatic rings. The molecule has 3 rings (SSSR count). The SMILES string of the molecule is CCn1nc(-c2cccc(C)c2)c(C(=O)OCOC(=O)C(C)(C)C)c(Nc2cccnc2)c1=O. The fourth-order valence-corrected chi connectivity index (χ4v) is 3.10. The van der Waals surface area contributed by atoms with Crippen molar-refractivity contribution < 1.29 is 19.1 Å². The highest BCUT2D eigenvalue weighted by Gasteiger charge is 2.27. The van der Waals surface area contributed by atoms with E-state index in [9.17, 15) is 14.4 Å². The van der Waals surface area contributed by atoms with Gasteiger partial charge in [-0.3, -0.25) is 14.6 Å². The summed E-state index contributed by atoms with van der Waals surface area (Å²) in [5.41, 5.74) is 1.05. The molecule has 0 radical (unpaired) electrons. The Morgan fingerprint density at radius 3 is 2.50 bits per heavy atom. The number of esters is 2. The lowest BCUT2D eigenvalue weighted by atomic mass is 9.98. The van der Waals surface area contributed by atoms with Gasteiger partial charge in [0, 0.05) is 18.3 Å². The van der Waals surface area contributed by atoms with Gasteiger partial charge in [-0.15, -0.1) is 0 Å². The zero-order valence-corrected chi connectivity index (χ0v) is 19.9. The second kappa shape index (κ2) is 10.3. The number of ether oxygens (including phenoxy) is 2. The lowest BCUT2D eigenvalue weighted by Gasteiger charge is -2.18. The van der Waals surface area contributed by atoms with Crippen LogP contribution in [0.4, 0.5) is 11.4 Å². The number of aromatic nitrogens is 3. The number of rotatable bonds is 7. The van der Waals surface area contributed by atoms with Crippen LogP contribution in [-0.4, -0.2) is 33.5 Å². The van der Waals surface area contributed by atoms with Crippen molar-refractivity contribution in [3.63, 3.8) is 0 Å². The zero-order chi connectivity index (χ0) is 24.9. The first-order chi connectivity index (χ1) is 16.1. The summed E-state index contributed by atoms with van der Waals surface area (Å²) < 4.78 is 11.6. The summed E-state index contributed by atoms with van der Waals surface area (Å²) in [7, 11) is 0. The summed E-state index contributed by atoms with van der Waals surface area (Å²) >= 11 is 0. The quantitative estimate of drug-likeness (QED) is 0.411. The van der Waals surface area contributed by atoms with Crippen LogP contribution in [0.15, 0.2) is 53.6 Å². The molecule has 0 spiro atoms. The lowest BCUT2D eigenvalue weighted by molar-refractivity contribution is -0.161. The molecule has 0 saturated carbocycles. The number of nitrogens with zero attached hydrogens (tertiary/aromatic N) is 3. The van der Waals surface area contributed by atoms with Crippen molar-refractivity contribution in [2.45, 2.75) is 41.2 Å². The number of hydrogen-bond acceptors (Lipinski definition) is 8. The van der Waals surface area contributed by atoms with Crippen molar-refractivity contribution in [3.05, 3.63) is 70.3 Å². The summed E-state index contributed by atoms with van der Waals surface area (Å²) in [4.78, 5) is 42.6. The van der Waals surface area contributed by atoms with E-state index in [1.807, 2.05) is 25.1 Å². The Labute approximate surface area is 197 Å².